The van der Waals surface area contributed by atoms with E-state index in [1.165, 1.54) is 24.3 Å². The summed E-state index contributed by atoms with van der Waals surface area (Å²) in [6.45, 7) is -0.784. The second-order valence-corrected chi connectivity index (χ2v) is 6.27. The Morgan fingerprint density at radius 2 is 1.46 bits per heavy atom. The number of hydrogen-bond donors (Lipinski definition) is 2. The minimum Gasteiger partial charge on any atom is -0.458 e. The van der Waals surface area contributed by atoms with Crippen LogP contribution in [0.1, 0.15) is 20.7 Å². The zero-order valence-corrected chi connectivity index (χ0v) is 14.7. The highest BCUT2D eigenvalue weighted by atomic mass is 16.6. The van der Waals surface area contributed by atoms with E-state index in [9.17, 15) is 24.6 Å². The molecule has 1 aliphatic carbocycles. The number of ether oxygens (including phenoxy) is 2. The van der Waals surface area contributed by atoms with Crippen molar-refractivity contribution >= 4 is 17.7 Å². The van der Waals surface area contributed by atoms with Gasteiger partial charge in [-0.25, -0.2) is 9.59 Å². The van der Waals surface area contributed by atoms with Gasteiger partial charge in [0.25, 0.3) is 0 Å². The van der Waals surface area contributed by atoms with E-state index >= 15 is 0 Å². The van der Waals surface area contributed by atoms with E-state index in [0.29, 0.717) is 0 Å². The molecular formula is C21H18O7. The van der Waals surface area contributed by atoms with E-state index in [2.05, 4.69) is 0 Å². The third kappa shape index (κ3) is 4.00. The van der Waals surface area contributed by atoms with E-state index in [4.69, 9.17) is 9.47 Å². The molecule has 3 rings (SSSR count). The second-order valence-electron chi connectivity index (χ2n) is 6.27. The number of benzene rings is 2. The number of aliphatic hydroxyl groups is 2. The van der Waals surface area contributed by atoms with Gasteiger partial charge in [-0.15, -0.1) is 0 Å². The molecule has 7 nitrogen and oxygen atoms in total. The maximum Gasteiger partial charge on any atom is 0.338 e. The molecule has 2 N–H and O–H groups in total. The smallest absolute Gasteiger partial charge is 0.338 e. The molecule has 0 saturated carbocycles. The molecule has 0 aromatic heterocycles. The molecule has 3 atom stereocenters. The molecule has 0 amide bonds. The van der Waals surface area contributed by atoms with Crippen LogP contribution in [-0.2, 0) is 14.3 Å². The van der Waals surface area contributed by atoms with Crippen LogP contribution in [0.2, 0.25) is 0 Å². The van der Waals surface area contributed by atoms with Gasteiger partial charge in [0.1, 0.15) is 12.7 Å². The van der Waals surface area contributed by atoms with Crippen LogP contribution in [0, 0.1) is 0 Å². The van der Waals surface area contributed by atoms with Crippen LogP contribution < -0.4 is 0 Å². The van der Waals surface area contributed by atoms with Crippen LogP contribution in [0.3, 0.4) is 0 Å². The minimum absolute atomic E-state index is 0.181. The Morgan fingerprint density at radius 1 is 0.929 bits per heavy atom. The predicted molar refractivity (Wildman–Crippen MR) is 97.5 cm³/mol. The lowest BCUT2D eigenvalue weighted by molar-refractivity contribution is -0.166. The summed E-state index contributed by atoms with van der Waals surface area (Å²) in [7, 11) is 0. The van der Waals surface area contributed by atoms with Crippen molar-refractivity contribution in [3.05, 3.63) is 83.9 Å². The van der Waals surface area contributed by atoms with E-state index in [1.54, 1.807) is 36.4 Å². The Bertz CT molecular complexity index is 891. The summed E-state index contributed by atoms with van der Waals surface area (Å²) in [6, 6.07) is 15.9. The predicted octanol–water partition coefficient (Wildman–Crippen LogP) is 1.30. The molecule has 0 aliphatic heterocycles. The topological polar surface area (TPSA) is 110 Å². The van der Waals surface area contributed by atoms with Gasteiger partial charge in [0.15, 0.2) is 11.9 Å². The first-order chi connectivity index (χ1) is 13.4. The number of ketones is 1. The first kappa shape index (κ1) is 19.5. The van der Waals surface area contributed by atoms with Crippen molar-refractivity contribution < 1.29 is 34.1 Å². The van der Waals surface area contributed by atoms with Crippen LogP contribution >= 0.6 is 0 Å². The Labute approximate surface area is 160 Å². The molecule has 0 bridgehead atoms. The molecule has 0 unspecified atom stereocenters. The monoisotopic (exact) mass is 382 g/mol. The van der Waals surface area contributed by atoms with Gasteiger partial charge in [-0.05, 0) is 36.4 Å². The maximum absolute atomic E-state index is 12.3. The molecule has 2 aromatic carbocycles. The van der Waals surface area contributed by atoms with E-state index in [-0.39, 0.29) is 11.1 Å². The Balaban J connectivity index is 1.78. The molecule has 28 heavy (non-hydrogen) atoms. The lowest BCUT2D eigenvalue weighted by atomic mass is 9.84. The summed E-state index contributed by atoms with van der Waals surface area (Å²) in [5.41, 5.74) is -2.01. The van der Waals surface area contributed by atoms with Crippen molar-refractivity contribution in [3.63, 3.8) is 0 Å². The van der Waals surface area contributed by atoms with Crippen molar-refractivity contribution in [2.45, 2.75) is 17.8 Å². The summed E-state index contributed by atoms with van der Waals surface area (Å²) >= 11 is 0. The summed E-state index contributed by atoms with van der Waals surface area (Å²) < 4.78 is 10.3. The SMILES string of the molecule is O=C(OC[C@]1(O)C(=O)C=C[C@H](O)[C@H]1OC(=O)c1ccccc1)c1ccccc1. The average Bonchev–Trinajstić information content (AvgIpc) is 2.73. The molecule has 0 saturated heterocycles. The highest BCUT2D eigenvalue weighted by molar-refractivity contribution is 6.00. The van der Waals surface area contributed by atoms with Crippen molar-refractivity contribution in [1.29, 1.82) is 0 Å². The molecule has 0 spiro atoms. The van der Waals surface area contributed by atoms with Crippen LogP contribution in [0.25, 0.3) is 0 Å². The Morgan fingerprint density at radius 3 is 2.04 bits per heavy atom. The standard InChI is InChI=1S/C21H18O7/c22-16-11-12-17(23)21(26,13-27-19(24)14-7-3-1-4-8-14)18(16)28-20(25)15-9-5-2-6-10-15/h1-12,16,18,22,26H,13H2/t16-,18+,21-/m0/s1. The highest BCUT2D eigenvalue weighted by Crippen LogP contribution is 2.26. The quantitative estimate of drug-likeness (QED) is 0.750. The molecule has 2 aromatic rings. The van der Waals surface area contributed by atoms with E-state index in [1.807, 2.05) is 0 Å². The van der Waals surface area contributed by atoms with E-state index in [0.717, 1.165) is 12.2 Å². The first-order valence-corrected chi connectivity index (χ1v) is 8.53. The lowest BCUT2D eigenvalue weighted by Gasteiger charge is -2.37. The molecule has 0 radical (unpaired) electrons. The van der Waals surface area contributed by atoms with Crippen LogP contribution in [0.5, 0.6) is 0 Å². The van der Waals surface area contributed by atoms with Gasteiger partial charge in [-0.3, -0.25) is 4.79 Å². The molecule has 144 valence electrons. The fraction of sp³-hybridized carbons (Fsp3) is 0.190. The van der Waals surface area contributed by atoms with Crippen molar-refractivity contribution in [2.75, 3.05) is 6.61 Å². The molecule has 7 heteroatoms. The third-order valence-corrected chi connectivity index (χ3v) is 4.33. The average molecular weight is 382 g/mol. The normalized spacial score (nSPS) is 23.9. The first-order valence-electron chi connectivity index (χ1n) is 8.53. The fourth-order valence-electron chi connectivity index (χ4n) is 2.77. The molecule has 0 heterocycles. The number of rotatable bonds is 5. The van der Waals surface area contributed by atoms with Gasteiger partial charge in [0.2, 0.25) is 5.60 Å². The van der Waals surface area contributed by atoms with Crippen LogP contribution in [0.4, 0.5) is 0 Å². The summed E-state index contributed by atoms with van der Waals surface area (Å²) in [5, 5.41) is 21.0. The van der Waals surface area contributed by atoms with Crippen LogP contribution in [-0.4, -0.2) is 52.4 Å². The van der Waals surface area contributed by atoms with Gasteiger partial charge in [0, 0.05) is 0 Å². The summed E-state index contributed by atoms with van der Waals surface area (Å²) in [6.07, 6.45) is -1.01. The van der Waals surface area contributed by atoms with Crippen molar-refractivity contribution in [3.8, 4) is 0 Å². The largest absolute Gasteiger partial charge is 0.458 e. The zero-order chi connectivity index (χ0) is 20.1. The van der Waals surface area contributed by atoms with E-state index < -0.39 is 42.1 Å². The second kappa shape index (κ2) is 8.16. The number of carbonyl (C=O) groups is 3. The zero-order valence-electron chi connectivity index (χ0n) is 14.7. The van der Waals surface area contributed by atoms with Crippen molar-refractivity contribution in [1.82, 2.24) is 0 Å². The lowest BCUT2D eigenvalue weighted by Crippen LogP contribution is -2.60. The van der Waals surface area contributed by atoms with Gasteiger partial charge >= 0.3 is 11.9 Å². The van der Waals surface area contributed by atoms with Gasteiger partial charge < -0.3 is 19.7 Å². The van der Waals surface area contributed by atoms with Gasteiger partial charge in [-0.2, -0.15) is 0 Å². The number of hydrogen-bond acceptors (Lipinski definition) is 7. The van der Waals surface area contributed by atoms with Gasteiger partial charge in [0.05, 0.1) is 11.1 Å². The third-order valence-electron chi connectivity index (χ3n) is 4.33. The van der Waals surface area contributed by atoms with Crippen molar-refractivity contribution in [2.24, 2.45) is 0 Å². The summed E-state index contributed by atoms with van der Waals surface area (Å²) in [5.74, 6) is -2.44. The molecular weight excluding hydrogens is 364 g/mol. The minimum atomic E-state index is -2.41. The van der Waals surface area contributed by atoms with Gasteiger partial charge in [-0.1, -0.05) is 36.4 Å². The number of aliphatic hydroxyl groups excluding tert-OH is 1. The fourth-order valence-corrected chi connectivity index (χ4v) is 2.77. The highest BCUT2D eigenvalue weighted by Gasteiger charge is 2.52. The number of carbonyl (C=O) groups excluding carboxylic acids is 3. The van der Waals surface area contributed by atoms with Crippen LogP contribution in [0.15, 0.2) is 72.8 Å². The Hall–Kier alpha value is -3.29. The Kier molecular flexibility index (Phi) is 5.67. The molecule has 1 aliphatic rings. The molecule has 0 fully saturated rings. The number of esters is 2. The summed E-state index contributed by atoms with van der Waals surface area (Å²) in [4.78, 5) is 36.8. The maximum atomic E-state index is 12.3.